The molecule has 0 amide bonds. The second kappa shape index (κ2) is 5.45. The summed E-state index contributed by atoms with van der Waals surface area (Å²) < 4.78 is 5.49. The van der Waals surface area contributed by atoms with Crippen molar-refractivity contribution in [2.75, 3.05) is 32.8 Å². The van der Waals surface area contributed by atoms with Crippen LogP contribution in [0.1, 0.15) is 19.8 Å². The third kappa shape index (κ3) is 2.94. The highest BCUT2D eigenvalue weighted by atomic mass is 16.5. The molecule has 16 heavy (non-hydrogen) atoms. The zero-order valence-corrected chi connectivity index (χ0v) is 10.1. The number of aliphatic hydroxyl groups is 1. The average molecular weight is 228 g/mol. The number of nitrogens with zero attached hydrogens (tertiary/aromatic N) is 1. The first-order valence-corrected chi connectivity index (χ1v) is 6.40. The minimum absolute atomic E-state index is 0.118. The van der Waals surface area contributed by atoms with E-state index in [9.17, 15) is 5.11 Å². The van der Waals surface area contributed by atoms with Crippen LogP contribution in [-0.4, -0.2) is 55.0 Å². The minimum atomic E-state index is -0.118. The molecule has 2 saturated heterocycles. The number of rotatable bonds is 2. The highest BCUT2D eigenvalue weighted by Crippen LogP contribution is 2.20. The van der Waals surface area contributed by atoms with Crippen molar-refractivity contribution >= 4 is 0 Å². The van der Waals surface area contributed by atoms with Crippen LogP contribution >= 0.6 is 0 Å². The van der Waals surface area contributed by atoms with E-state index in [-0.39, 0.29) is 12.1 Å². The zero-order valence-electron chi connectivity index (χ0n) is 10.1. The van der Waals surface area contributed by atoms with Gasteiger partial charge in [0.2, 0.25) is 0 Å². The van der Waals surface area contributed by atoms with E-state index < -0.39 is 0 Å². The molecule has 2 heterocycles. The summed E-state index contributed by atoms with van der Waals surface area (Å²) in [5, 5.41) is 9.68. The number of hydrogen-bond donors (Lipinski definition) is 2. The van der Waals surface area contributed by atoms with Crippen molar-refractivity contribution in [3.8, 4) is 0 Å². The largest absolute Gasteiger partial charge is 0.393 e. The molecule has 4 heteroatoms. The molecule has 4 atom stereocenters. The molecule has 2 fully saturated rings. The van der Waals surface area contributed by atoms with E-state index in [0.717, 1.165) is 45.7 Å². The van der Waals surface area contributed by atoms with Crippen LogP contribution in [0.2, 0.25) is 0 Å². The van der Waals surface area contributed by atoms with Crippen LogP contribution in [0, 0.1) is 11.8 Å². The lowest BCUT2D eigenvalue weighted by atomic mass is 9.92. The van der Waals surface area contributed by atoms with Crippen LogP contribution in [0.3, 0.4) is 0 Å². The van der Waals surface area contributed by atoms with Gasteiger partial charge >= 0.3 is 0 Å². The van der Waals surface area contributed by atoms with Gasteiger partial charge < -0.3 is 20.5 Å². The van der Waals surface area contributed by atoms with Gasteiger partial charge in [-0.1, -0.05) is 6.92 Å². The van der Waals surface area contributed by atoms with Gasteiger partial charge in [-0.15, -0.1) is 0 Å². The van der Waals surface area contributed by atoms with E-state index in [2.05, 4.69) is 11.8 Å². The highest BCUT2D eigenvalue weighted by Gasteiger charge is 2.29. The first kappa shape index (κ1) is 12.3. The van der Waals surface area contributed by atoms with Gasteiger partial charge in [0.15, 0.2) is 0 Å². The van der Waals surface area contributed by atoms with Gasteiger partial charge in [0.05, 0.1) is 12.7 Å². The molecule has 0 saturated carbocycles. The second-order valence-electron chi connectivity index (χ2n) is 5.38. The molecule has 4 unspecified atom stereocenters. The summed E-state index contributed by atoms with van der Waals surface area (Å²) in [6.45, 7) is 6.74. The standard InChI is InChI=1S/C12H24N2O2/c1-9-6-14(4-2-12(9)15)7-10-8-16-5-3-11(10)13/h9-12,15H,2-8,13H2,1H3. The molecule has 4 nitrogen and oxygen atoms in total. The third-order valence-corrected chi connectivity index (χ3v) is 3.97. The van der Waals surface area contributed by atoms with Crippen LogP contribution in [0.15, 0.2) is 0 Å². The van der Waals surface area contributed by atoms with Gasteiger partial charge in [0.1, 0.15) is 0 Å². The van der Waals surface area contributed by atoms with Crippen molar-refractivity contribution in [1.82, 2.24) is 4.90 Å². The molecule has 2 aliphatic heterocycles. The summed E-state index contributed by atoms with van der Waals surface area (Å²) in [5.74, 6) is 0.852. The molecular weight excluding hydrogens is 204 g/mol. The zero-order chi connectivity index (χ0) is 11.5. The Morgan fingerprint density at radius 2 is 2.25 bits per heavy atom. The van der Waals surface area contributed by atoms with E-state index in [1.807, 2.05) is 0 Å². The summed E-state index contributed by atoms with van der Waals surface area (Å²) in [6, 6.07) is 0.288. The van der Waals surface area contributed by atoms with Crippen molar-refractivity contribution in [1.29, 1.82) is 0 Å². The Balaban J connectivity index is 1.80. The first-order valence-electron chi connectivity index (χ1n) is 6.40. The number of aliphatic hydroxyl groups excluding tert-OH is 1. The number of likely N-dealkylation sites (tertiary alicyclic amines) is 1. The molecule has 3 N–H and O–H groups in total. The number of nitrogens with two attached hydrogens (primary N) is 1. The normalized spacial score (nSPS) is 42.2. The summed E-state index contributed by atoms with van der Waals surface area (Å²) >= 11 is 0. The molecule has 94 valence electrons. The molecule has 0 radical (unpaired) electrons. The monoisotopic (exact) mass is 228 g/mol. The molecule has 0 spiro atoms. The Labute approximate surface area is 97.7 Å². The van der Waals surface area contributed by atoms with Crippen LogP contribution in [0.5, 0.6) is 0 Å². The molecule has 0 aromatic rings. The smallest absolute Gasteiger partial charge is 0.0590 e. The molecule has 0 bridgehead atoms. The SMILES string of the molecule is CC1CN(CC2COCCC2N)CCC1O. The van der Waals surface area contributed by atoms with E-state index >= 15 is 0 Å². The lowest BCUT2D eigenvalue weighted by Crippen LogP contribution is -2.49. The lowest BCUT2D eigenvalue weighted by Gasteiger charge is -2.38. The summed E-state index contributed by atoms with van der Waals surface area (Å²) in [6.07, 6.45) is 1.76. The maximum absolute atomic E-state index is 9.68. The Morgan fingerprint density at radius 1 is 1.44 bits per heavy atom. The van der Waals surface area contributed by atoms with Gasteiger partial charge in [-0.05, 0) is 18.8 Å². The molecule has 2 aliphatic rings. The van der Waals surface area contributed by atoms with Gasteiger partial charge in [0.25, 0.3) is 0 Å². The van der Waals surface area contributed by atoms with Crippen molar-refractivity contribution < 1.29 is 9.84 Å². The predicted octanol–water partition coefficient (Wildman–Crippen LogP) is 0.0529. The Kier molecular flexibility index (Phi) is 4.19. The van der Waals surface area contributed by atoms with Crippen LogP contribution in [-0.2, 0) is 4.74 Å². The molecule has 0 aromatic carbocycles. The number of hydrogen-bond acceptors (Lipinski definition) is 4. The van der Waals surface area contributed by atoms with Gasteiger partial charge in [-0.3, -0.25) is 0 Å². The fourth-order valence-electron chi connectivity index (χ4n) is 2.72. The second-order valence-corrected chi connectivity index (χ2v) is 5.38. The molecular formula is C12H24N2O2. The average Bonchev–Trinajstić information content (AvgIpc) is 2.27. The van der Waals surface area contributed by atoms with Crippen molar-refractivity contribution in [2.24, 2.45) is 17.6 Å². The highest BCUT2D eigenvalue weighted by molar-refractivity contribution is 4.83. The number of piperidine rings is 1. The quantitative estimate of drug-likeness (QED) is 0.701. The first-order chi connectivity index (χ1) is 7.66. The number of ether oxygens (including phenoxy) is 1. The van der Waals surface area contributed by atoms with Crippen molar-refractivity contribution in [3.05, 3.63) is 0 Å². The molecule has 0 aliphatic carbocycles. The Morgan fingerprint density at radius 3 is 2.94 bits per heavy atom. The van der Waals surface area contributed by atoms with E-state index in [1.54, 1.807) is 0 Å². The predicted molar refractivity (Wildman–Crippen MR) is 63.1 cm³/mol. The fourth-order valence-corrected chi connectivity index (χ4v) is 2.72. The van der Waals surface area contributed by atoms with Crippen LogP contribution < -0.4 is 5.73 Å². The maximum atomic E-state index is 9.68. The minimum Gasteiger partial charge on any atom is -0.393 e. The van der Waals surface area contributed by atoms with Gasteiger partial charge in [-0.25, -0.2) is 0 Å². The molecule has 2 rings (SSSR count). The summed E-state index contributed by atoms with van der Waals surface area (Å²) in [5.41, 5.74) is 6.10. The summed E-state index contributed by atoms with van der Waals surface area (Å²) in [4.78, 5) is 2.43. The Bertz CT molecular complexity index is 225. The van der Waals surface area contributed by atoms with Gasteiger partial charge in [-0.2, -0.15) is 0 Å². The summed E-state index contributed by atoms with van der Waals surface area (Å²) in [7, 11) is 0. The molecule has 0 aromatic heterocycles. The van der Waals surface area contributed by atoms with Gasteiger partial charge in [0, 0.05) is 38.2 Å². The fraction of sp³-hybridized carbons (Fsp3) is 1.00. The third-order valence-electron chi connectivity index (χ3n) is 3.97. The Hall–Kier alpha value is -0.160. The topological polar surface area (TPSA) is 58.7 Å². The maximum Gasteiger partial charge on any atom is 0.0590 e. The van der Waals surface area contributed by atoms with E-state index in [0.29, 0.717) is 11.8 Å². The van der Waals surface area contributed by atoms with E-state index in [1.165, 1.54) is 0 Å². The van der Waals surface area contributed by atoms with Crippen molar-refractivity contribution in [3.63, 3.8) is 0 Å². The van der Waals surface area contributed by atoms with Crippen LogP contribution in [0.25, 0.3) is 0 Å². The van der Waals surface area contributed by atoms with Crippen LogP contribution in [0.4, 0.5) is 0 Å². The van der Waals surface area contributed by atoms with Crippen molar-refractivity contribution in [2.45, 2.75) is 31.9 Å². The lowest BCUT2D eigenvalue weighted by molar-refractivity contribution is -0.00326. The van der Waals surface area contributed by atoms with E-state index in [4.69, 9.17) is 10.5 Å².